The number of rotatable bonds is 8. The molecule has 4 heterocycles. The largest absolute Gasteiger partial charge is 0.350 e. The number of benzene rings is 1. The van der Waals surface area contributed by atoms with Crippen LogP contribution in [-0.4, -0.2) is 53.0 Å². The minimum Gasteiger partial charge on any atom is -0.350 e. The zero-order chi connectivity index (χ0) is 24.9. The molecule has 9 nitrogen and oxygen atoms in total. The van der Waals surface area contributed by atoms with Crippen molar-refractivity contribution in [3.8, 4) is 0 Å². The molecule has 2 aliphatic heterocycles. The second-order valence-corrected chi connectivity index (χ2v) is 9.96. The van der Waals surface area contributed by atoms with Gasteiger partial charge < -0.3 is 19.5 Å². The van der Waals surface area contributed by atoms with Gasteiger partial charge in [-0.2, -0.15) is 0 Å². The Balaban J connectivity index is 1.06. The number of aromatic nitrogens is 3. The van der Waals surface area contributed by atoms with Crippen molar-refractivity contribution in [2.45, 2.75) is 51.9 Å². The molecule has 0 saturated carbocycles. The van der Waals surface area contributed by atoms with Gasteiger partial charge in [0, 0.05) is 69.2 Å². The topological polar surface area (TPSA) is 93.5 Å². The number of amides is 1. The molecule has 2 aromatic heterocycles. The van der Waals surface area contributed by atoms with Crippen molar-refractivity contribution in [2.75, 3.05) is 31.1 Å². The van der Waals surface area contributed by atoms with Crippen LogP contribution in [0.1, 0.15) is 53.6 Å². The smallest absolute Gasteiger partial charge is 0.278 e. The molecule has 1 atom stereocenters. The van der Waals surface area contributed by atoms with Crippen molar-refractivity contribution in [2.24, 2.45) is 13.0 Å². The summed E-state index contributed by atoms with van der Waals surface area (Å²) in [6.45, 7) is 6.51. The summed E-state index contributed by atoms with van der Waals surface area (Å²) in [4.78, 5) is 28.7. The van der Waals surface area contributed by atoms with Crippen LogP contribution in [0, 0.1) is 12.8 Å². The van der Waals surface area contributed by atoms with Crippen LogP contribution in [0.5, 0.6) is 0 Å². The molecule has 1 amide bonds. The molecule has 5 rings (SSSR count). The maximum Gasteiger partial charge on any atom is 0.278 e. The highest BCUT2D eigenvalue weighted by atomic mass is 16.8. The number of hydrogen-bond donors (Lipinski definition) is 2. The van der Waals surface area contributed by atoms with Crippen molar-refractivity contribution in [3.63, 3.8) is 0 Å². The van der Waals surface area contributed by atoms with Crippen LogP contribution in [0.2, 0.25) is 0 Å². The van der Waals surface area contributed by atoms with Crippen molar-refractivity contribution in [3.05, 3.63) is 53.5 Å². The van der Waals surface area contributed by atoms with E-state index in [1.54, 1.807) is 12.4 Å². The number of fused-ring (bicyclic) bond motifs is 1. The summed E-state index contributed by atoms with van der Waals surface area (Å²) in [5, 5.41) is 5.01. The summed E-state index contributed by atoms with van der Waals surface area (Å²) >= 11 is 0. The van der Waals surface area contributed by atoms with Gasteiger partial charge in [-0.05, 0) is 62.8 Å². The predicted molar refractivity (Wildman–Crippen MR) is 138 cm³/mol. The third-order valence-electron chi connectivity index (χ3n) is 7.19. The van der Waals surface area contributed by atoms with E-state index in [2.05, 4.69) is 68.6 Å². The zero-order valence-electron chi connectivity index (χ0n) is 21.2. The number of hydroxylamine groups is 1. The summed E-state index contributed by atoms with van der Waals surface area (Å²) in [5.74, 6) is 0.935. The molecule has 2 saturated heterocycles. The first-order chi connectivity index (χ1) is 17.6. The van der Waals surface area contributed by atoms with Crippen LogP contribution in [0.15, 0.2) is 36.8 Å². The van der Waals surface area contributed by atoms with Gasteiger partial charge in [0.1, 0.15) is 0 Å². The Morgan fingerprint density at radius 2 is 1.97 bits per heavy atom. The van der Waals surface area contributed by atoms with E-state index in [1.165, 1.54) is 22.0 Å². The third kappa shape index (κ3) is 5.86. The first-order valence-electron chi connectivity index (χ1n) is 13.0. The molecular formula is C27H36N6O3. The minimum absolute atomic E-state index is 0.359. The average Bonchev–Trinajstić information content (AvgIpc) is 3.22. The summed E-state index contributed by atoms with van der Waals surface area (Å²) in [6, 6.07) is 6.64. The van der Waals surface area contributed by atoms with E-state index in [0.29, 0.717) is 24.0 Å². The molecular weight excluding hydrogens is 456 g/mol. The normalized spacial score (nSPS) is 19.1. The van der Waals surface area contributed by atoms with Gasteiger partial charge in [0.2, 0.25) is 5.95 Å². The molecule has 9 heteroatoms. The van der Waals surface area contributed by atoms with Crippen molar-refractivity contribution in [1.82, 2.24) is 25.3 Å². The van der Waals surface area contributed by atoms with Crippen molar-refractivity contribution in [1.29, 1.82) is 0 Å². The van der Waals surface area contributed by atoms with Gasteiger partial charge in [-0.1, -0.05) is 11.6 Å². The maximum absolute atomic E-state index is 12.3. The minimum atomic E-state index is -0.380. The van der Waals surface area contributed by atoms with E-state index < -0.39 is 0 Å². The molecule has 0 spiro atoms. The Morgan fingerprint density at radius 1 is 1.17 bits per heavy atom. The number of hydrogen-bond acceptors (Lipinski definition) is 7. The second-order valence-electron chi connectivity index (χ2n) is 9.96. The molecule has 2 aliphatic rings. The fourth-order valence-corrected chi connectivity index (χ4v) is 5.06. The number of nitrogens with zero attached hydrogens (tertiary/aromatic N) is 4. The highest BCUT2D eigenvalue weighted by Crippen LogP contribution is 2.23. The molecule has 2 N–H and O–H groups in total. The standard InChI is InChI=1S/C27H36N6O3/c1-19-6-7-24-23(13-19)22(18-32(24)2)15-28-14-20-8-10-33(11-9-20)27-29-16-21(17-30-27)26(34)31-36-25-5-3-4-12-35-25/h6-7,13,16-18,20,25,28H,3-5,8-12,14-15H2,1-2H3,(H,31,34). The first-order valence-corrected chi connectivity index (χ1v) is 13.0. The van der Waals surface area contributed by atoms with Crippen LogP contribution in [-0.2, 0) is 23.2 Å². The SMILES string of the molecule is Cc1ccc2c(c1)c(CNCC1CCN(c3ncc(C(=O)NOC4CCCCO4)cn3)CC1)cn2C. The average molecular weight is 493 g/mol. The molecule has 192 valence electrons. The number of anilines is 1. The Bertz CT molecular complexity index is 1160. The van der Waals surface area contributed by atoms with Gasteiger partial charge in [0.05, 0.1) is 5.56 Å². The highest BCUT2D eigenvalue weighted by Gasteiger charge is 2.22. The molecule has 36 heavy (non-hydrogen) atoms. The fraction of sp³-hybridized carbons (Fsp3) is 0.519. The molecule has 0 aliphatic carbocycles. The summed E-state index contributed by atoms with van der Waals surface area (Å²) in [5.41, 5.74) is 6.75. The monoisotopic (exact) mass is 492 g/mol. The van der Waals surface area contributed by atoms with E-state index in [0.717, 1.165) is 58.3 Å². The molecule has 0 radical (unpaired) electrons. The predicted octanol–water partition coefficient (Wildman–Crippen LogP) is 3.47. The summed E-state index contributed by atoms with van der Waals surface area (Å²) in [6.07, 6.45) is 9.99. The van der Waals surface area contributed by atoms with Crippen LogP contribution in [0.25, 0.3) is 10.9 Å². The van der Waals surface area contributed by atoms with Crippen LogP contribution in [0.3, 0.4) is 0 Å². The lowest BCUT2D eigenvalue weighted by Gasteiger charge is -2.32. The fourth-order valence-electron chi connectivity index (χ4n) is 5.06. The van der Waals surface area contributed by atoms with E-state index >= 15 is 0 Å². The highest BCUT2D eigenvalue weighted by molar-refractivity contribution is 5.92. The van der Waals surface area contributed by atoms with Gasteiger partial charge in [-0.25, -0.2) is 20.3 Å². The molecule has 1 aromatic carbocycles. The van der Waals surface area contributed by atoms with Gasteiger partial charge in [-0.3, -0.25) is 4.79 Å². The molecule has 0 bridgehead atoms. The van der Waals surface area contributed by atoms with E-state index in [9.17, 15) is 4.79 Å². The third-order valence-corrected chi connectivity index (χ3v) is 7.19. The van der Waals surface area contributed by atoms with Gasteiger partial charge in [0.25, 0.3) is 5.91 Å². The Hall–Kier alpha value is -3.01. The molecule has 2 fully saturated rings. The van der Waals surface area contributed by atoms with Gasteiger partial charge in [0.15, 0.2) is 6.29 Å². The Morgan fingerprint density at radius 3 is 2.72 bits per heavy atom. The number of carbonyl (C=O) groups is 1. The van der Waals surface area contributed by atoms with Crippen molar-refractivity contribution < 1.29 is 14.4 Å². The Kier molecular flexibility index (Phi) is 7.79. The number of nitrogens with one attached hydrogen (secondary N) is 2. The van der Waals surface area contributed by atoms with Gasteiger partial charge in [-0.15, -0.1) is 0 Å². The molecule has 3 aromatic rings. The molecule has 1 unspecified atom stereocenters. The van der Waals surface area contributed by atoms with E-state index in [4.69, 9.17) is 9.57 Å². The summed E-state index contributed by atoms with van der Waals surface area (Å²) < 4.78 is 7.67. The first kappa shape index (κ1) is 24.7. The Labute approximate surface area is 212 Å². The van der Waals surface area contributed by atoms with Crippen molar-refractivity contribution >= 4 is 22.8 Å². The summed E-state index contributed by atoms with van der Waals surface area (Å²) in [7, 11) is 2.11. The second kappa shape index (κ2) is 11.4. The lowest BCUT2D eigenvalue weighted by molar-refractivity contribution is -0.186. The van der Waals surface area contributed by atoms with Crippen LogP contribution in [0.4, 0.5) is 5.95 Å². The maximum atomic E-state index is 12.3. The van der Waals surface area contributed by atoms with E-state index in [1.807, 2.05) is 0 Å². The number of piperidine rings is 1. The van der Waals surface area contributed by atoms with Crippen LogP contribution < -0.4 is 15.7 Å². The number of ether oxygens (including phenoxy) is 1. The van der Waals surface area contributed by atoms with E-state index in [-0.39, 0.29) is 12.2 Å². The lowest BCUT2D eigenvalue weighted by Crippen LogP contribution is -2.38. The zero-order valence-corrected chi connectivity index (χ0v) is 21.2. The quantitative estimate of drug-likeness (QED) is 0.465. The van der Waals surface area contributed by atoms with Gasteiger partial charge >= 0.3 is 0 Å². The van der Waals surface area contributed by atoms with Crippen LogP contribution >= 0.6 is 0 Å². The lowest BCUT2D eigenvalue weighted by atomic mass is 9.97. The number of carbonyl (C=O) groups excluding carboxylic acids is 1. The number of aryl methyl sites for hydroxylation is 2.